The fourth-order valence-corrected chi connectivity index (χ4v) is 4.64. The van der Waals surface area contributed by atoms with E-state index < -0.39 is 47.8 Å². The number of aromatic nitrogens is 3. The van der Waals surface area contributed by atoms with E-state index in [2.05, 4.69) is 4.37 Å². The number of carbonyl (C=O) groups is 1. The van der Waals surface area contributed by atoms with Crippen molar-refractivity contribution in [3.63, 3.8) is 0 Å². The number of hydrogen-bond donors (Lipinski definition) is 1. The van der Waals surface area contributed by atoms with Gasteiger partial charge in [0.25, 0.3) is 5.56 Å². The van der Waals surface area contributed by atoms with E-state index in [-0.39, 0.29) is 33.3 Å². The molecule has 0 amide bonds. The van der Waals surface area contributed by atoms with Gasteiger partial charge in [0.05, 0.1) is 22.5 Å². The predicted molar refractivity (Wildman–Crippen MR) is 128 cm³/mol. The van der Waals surface area contributed by atoms with Gasteiger partial charge in [-0.1, -0.05) is 11.6 Å². The molecule has 2 aromatic carbocycles. The molecule has 0 aliphatic carbocycles. The maximum absolute atomic E-state index is 13.2. The highest BCUT2D eigenvalue weighted by Crippen LogP contribution is 2.39. The summed E-state index contributed by atoms with van der Waals surface area (Å²) in [5, 5.41) is 9.58. The van der Waals surface area contributed by atoms with Crippen molar-refractivity contribution in [1.82, 2.24) is 13.5 Å². The van der Waals surface area contributed by atoms with Crippen LogP contribution in [0.3, 0.4) is 0 Å². The Morgan fingerprint density at radius 2 is 1.77 bits per heavy atom. The van der Waals surface area contributed by atoms with Gasteiger partial charge in [0.1, 0.15) is 11.4 Å². The normalized spacial score (nSPS) is 13.0. The lowest BCUT2D eigenvalue weighted by molar-refractivity contribution is -0.169. The molecule has 15 heteroatoms. The summed E-state index contributed by atoms with van der Waals surface area (Å²) < 4.78 is 89.4. The number of hydrogen-bond acceptors (Lipinski definition) is 6. The van der Waals surface area contributed by atoms with Crippen LogP contribution >= 0.6 is 11.5 Å². The van der Waals surface area contributed by atoms with Crippen LogP contribution in [0.5, 0.6) is 5.75 Å². The third-order valence-electron chi connectivity index (χ3n) is 5.67. The molecule has 1 N–H and O–H groups in total. The Hall–Kier alpha value is -4.14. The average Bonchev–Trinajstić information content (AvgIpc) is 3.23. The van der Waals surface area contributed by atoms with Crippen molar-refractivity contribution < 1.29 is 41.0 Å². The van der Waals surface area contributed by atoms with Crippen molar-refractivity contribution in [1.29, 1.82) is 0 Å². The number of alkyl halides is 6. The summed E-state index contributed by atoms with van der Waals surface area (Å²) in [5.74, 6) is -2.04. The average molecular weight is 573 g/mol. The first-order valence-electron chi connectivity index (χ1n) is 10.9. The first-order chi connectivity index (χ1) is 18.1. The number of benzene rings is 2. The van der Waals surface area contributed by atoms with Crippen LogP contribution in [-0.4, -0.2) is 36.9 Å². The molecule has 0 bridgehead atoms. The van der Waals surface area contributed by atoms with Crippen LogP contribution in [0.15, 0.2) is 52.1 Å². The first kappa shape index (κ1) is 27.9. The van der Waals surface area contributed by atoms with E-state index in [0.29, 0.717) is 20.2 Å². The monoisotopic (exact) mass is 573 g/mol. The number of ether oxygens (including phenoxy) is 1. The third kappa shape index (κ3) is 5.67. The summed E-state index contributed by atoms with van der Waals surface area (Å²) in [5.41, 5.74) is -3.09. The van der Waals surface area contributed by atoms with Crippen LogP contribution in [0.1, 0.15) is 17.7 Å². The summed E-state index contributed by atoms with van der Waals surface area (Å²) in [6.07, 6.45) is -13.8. The number of nitrogens with zero attached hydrogens (tertiary/aromatic N) is 3. The number of halogens is 6. The van der Waals surface area contributed by atoms with Crippen LogP contribution in [0.4, 0.5) is 26.3 Å². The lowest BCUT2D eigenvalue weighted by atomic mass is 10.0. The van der Waals surface area contributed by atoms with Gasteiger partial charge < -0.3 is 9.84 Å². The molecular weight excluding hydrogens is 556 g/mol. The summed E-state index contributed by atoms with van der Waals surface area (Å²) in [4.78, 5) is 36.8. The minimum absolute atomic E-state index is 0.0844. The van der Waals surface area contributed by atoms with Crippen LogP contribution in [0.2, 0.25) is 0 Å². The standard InChI is InChI=1S/C24H17F6N3O5S/c1-11-3-5-15(38-16(21(35)36)10-23(25,26)27)13(7-11)20-14-8-12(4-6-17(14)39-31-20)33-19(34)9-18(24(28,29)30)32(2)22(33)37/h3-9,16H,10H2,1-2H3,(H,35,36). The highest BCUT2D eigenvalue weighted by Gasteiger charge is 2.38. The molecule has 0 saturated carbocycles. The summed E-state index contributed by atoms with van der Waals surface area (Å²) in [6, 6.07) is 8.71. The van der Waals surface area contributed by atoms with Crippen molar-refractivity contribution in [2.45, 2.75) is 31.8 Å². The molecule has 2 heterocycles. The molecule has 4 rings (SSSR count). The van der Waals surface area contributed by atoms with E-state index in [1.807, 2.05) is 0 Å². The second kappa shape index (κ2) is 9.87. The topological polar surface area (TPSA) is 103 Å². The molecule has 1 unspecified atom stereocenters. The molecule has 0 aliphatic heterocycles. The zero-order valence-electron chi connectivity index (χ0n) is 19.9. The van der Waals surface area contributed by atoms with Crippen molar-refractivity contribution >= 4 is 27.6 Å². The zero-order chi connectivity index (χ0) is 28.9. The van der Waals surface area contributed by atoms with Gasteiger partial charge >= 0.3 is 24.0 Å². The Kier molecular flexibility index (Phi) is 7.06. The Bertz CT molecular complexity index is 1700. The fourth-order valence-electron chi connectivity index (χ4n) is 3.87. The Labute approximate surface area is 218 Å². The highest BCUT2D eigenvalue weighted by atomic mass is 32.1. The molecule has 206 valence electrons. The van der Waals surface area contributed by atoms with Gasteiger partial charge in [-0.15, -0.1) is 0 Å². The number of carboxylic acids is 1. The largest absolute Gasteiger partial charge is 0.479 e. The van der Waals surface area contributed by atoms with E-state index >= 15 is 0 Å². The van der Waals surface area contributed by atoms with Crippen molar-refractivity contribution in [3.05, 3.63) is 74.6 Å². The van der Waals surface area contributed by atoms with E-state index in [1.54, 1.807) is 6.92 Å². The van der Waals surface area contributed by atoms with Crippen molar-refractivity contribution in [2.75, 3.05) is 0 Å². The van der Waals surface area contributed by atoms with E-state index in [9.17, 15) is 45.8 Å². The van der Waals surface area contributed by atoms with Crippen LogP contribution in [0, 0.1) is 6.92 Å². The SMILES string of the molecule is Cc1ccc(OC(CC(F)(F)F)C(=O)O)c(-c2nsc3ccc(-n4c(=O)cc(C(F)(F)F)n(C)c4=O)cc23)c1. The van der Waals surface area contributed by atoms with Crippen molar-refractivity contribution in [2.24, 2.45) is 7.05 Å². The molecule has 8 nitrogen and oxygen atoms in total. The van der Waals surface area contributed by atoms with Crippen LogP contribution < -0.4 is 16.0 Å². The highest BCUT2D eigenvalue weighted by molar-refractivity contribution is 7.13. The smallest absolute Gasteiger partial charge is 0.431 e. The lowest BCUT2D eigenvalue weighted by Crippen LogP contribution is -2.40. The van der Waals surface area contributed by atoms with Gasteiger partial charge in [0, 0.05) is 24.1 Å². The first-order valence-corrected chi connectivity index (χ1v) is 11.7. The van der Waals surface area contributed by atoms with E-state index in [4.69, 9.17) is 4.74 Å². The molecule has 4 aromatic rings. The van der Waals surface area contributed by atoms with Gasteiger partial charge in [-0.3, -0.25) is 9.36 Å². The quantitative estimate of drug-likeness (QED) is 0.329. The number of rotatable bonds is 6. The molecular formula is C24H17F6N3O5S. The Morgan fingerprint density at radius 3 is 2.38 bits per heavy atom. The molecule has 0 saturated heterocycles. The van der Waals surface area contributed by atoms with Crippen molar-refractivity contribution in [3.8, 4) is 22.7 Å². The van der Waals surface area contributed by atoms with Gasteiger partial charge in [0.2, 0.25) is 6.10 Å². The summed E-state index contributed by atoms with van der Waals surface area (Å²) in [6.45, 7) is 1.67. The maximum atomic E-state index is 13.2. The number of aryl methyl sites for hydroxylation is 1. The van der Waals surface area contributed by atoms with Crippen LogP contribution in [0.25, 0.3) is 27.0 Å². The van der Waals surface area contributed by atoms with E-state index in [0.717, 1.165) is 18.6 Å². The Balaban J connectivity index is 1.87. The number of carboxylic acid groups (broad SMARTS) is 1. The lowest BCUT2D eigenvalue weighted by Gasteiger charge is -2.19. The minimum Gasteiger partial charge on any atom is -0.479 e. The molecule has 0 radical (unpaired) electrons. The molecule has 0 aliphatic rings. The summed E-state index contributed by atoms with van der Waals surface area (Å²) >= 11 is 0.958. The summed E-state index contributed by atoms with van der Waals surface area (Å²) in [7, 11) is 0.868. The molecule has 1 atom stereocenters. The fraction of sp³-hybridized carbons (Fsp3) is 0.250. The number of fused-ring (bicyclic) bond motifs is 1. The van der Waals surface area contributed by atoms with Gasteiger partial charge in [-0.05, 0) is 48.8 Å². The molecule has 39 heavy (non-hydrogen) atoms. The number of aliphatic carboxylic acids is 1. The molecule has 2 aromatic heterocycles. The minimum atomic E-state index is -4.94. The van der Waals surface area contributed by atoms with E-state index in [1.165, 1.54) is 36.4 Å². The second-order valence-electron chi connectivity index (χ2n) is 8.52. The van der Waals surface area contributed by atoms with Gasteiger partial charge in [-0.2, -0.15) is 30.7 Å². The second-order valence-corrected chi connectivity index (χ2v) is 9.32. The molecule has 0 spiro atoms. The third-order valence-corrected chi connectivity index (χ3v) is 6.50. The maximum Gasteiger partial charge on any atom is 0.431 e. The molecule has 0 fully saturated rings. The van der Waals surface area contributed by atoms with Gasteiger partial charge in [0.15, 0.2) is 0 Å². The van der Waals surface area contributed by atoms with Gasteiger partial charge in [-0.25, -0.2) is 14.2 Å². The predicted octanol–water partition coefficient (Wildman–Crippen LogP) is 4.92. The zero-order valence-corrected chi connectivity index (χ0v) is 20.7. The van der Waals surface area contributed by atoms with Crippen LogP contribution in [-0.2, 0) is 18.0 Å². The Morgan fingerprint density at radius 1 is 1.08 bits per heavy atom.